The van der Waals surface area contributed by atoms with Crippen molar-refractivity contribution in [3.05, 3.63) is 95.8 Å². The summed E-state index contributed by atoms with van der Waals surface area (Å²) in [6.07, 6.45) is 1.36. The number of nitrogens with one attached hydrogen (secondary N) is 2. The van der Waals surface area contributed by atoms with Gasteiger partial charge < -0.3 is 30.7 Å². The van der Waals surface area contributed by atoms with Crippen molar-refractivity contribution in [2.24, 2.45) is 11.1 Å². The number of nitrogens with zero attached hydrogens (tertiary/aromatic N) is 3. The molecule has 14 heteroatoms. The molecule has 0 saturated heterocycles. The monoisotopic (exact) mass is 708 g/mol. The van der Waals surface area contributed by atoms with E-state index in [1.165, 1.54) is 11.8 Å². The van der Waals surface area contributed by atoms with Gasteiger partial charge in [-0.2, -0.15) is 0 Å². The van der Waals surface area contributed by atoms with E-state index < -0.39 is 65.1 Å². The Balaban J connectivity index is 1.53. The quantitative estimate of drug-likeness (QED) is 0.0859. The van der Waals surface area contributed by atoms with Crippen LogP contribution < -0.4 is 16.4 Å². The standard InChI is InChI=1S/C37H46F2N6O6/c1-23(46)36(51)44(17-14-29(40)35(50)42-16-15-41-31(47)22-45-32(48)12-13-33(45)49)34(37(2,3)4)30-18-25(27-19-26(38)10-11-28(27)39)21-43(30)20-24-8-6-5-7-9-24/h5-13,18-19,21,23,29,31,34,41,46-47H,14-17,20,22,40H2,1-4H3,(H,42,50)/t23-,29-,31?,34-/m0/s1. The van der Waals surface area contributed by atoms with E-state index in [0.717, 1.165) is 40.8 Å². The summed E-state index contributed by atoms with van der Waals surface area (Å²) in [7, 11) is 0. The van der Waals surface area contributed by atoms with Gasteiger partial charge in [-0.1, -0.05) is 51.1 Å². The lowest BCUT2D eigenvalue weighted by Crippen LogP contribution is -2.50. The summed E-state index contributed by atoms with van der Waals surface area (Å²) in [5.41, 5.74) is 7.60. The number of amides is 4. The van der Waals surface area contributed by atoms with Gasteiger partial charge in [-0.15, -0.1) is 0 Å². The number of benzene rings is 2. The van der Waals surface area contributed by atoms with Crippen LogP contribution in [0.3, 0.4) is 0 Å². The van der Waals surface area contributed by atoms with Crippen LogP contribution in [0.4, 0.5) is 8.78 Å². The average molecular weight is 709 g/mol. The highest BCUT2D eigenvalue weighted by Crippen LogP contribution is 2.41. The molecule has 3 aromatic rings. The largest absolute Gasteiger partial charge is 0.384 e. The number of imide groups is 1. The number of nitrogens with two attached hydrogens (primary N) is 1. The van der Waals surface area contributed by atoms with E-state index in [1.54, 1.807) is 12.3 Å². The van der Waals surface area contributed by atoms with Crippen LogP contribution in [0.2, 0.25) is 0 Å². The third kappa shape index (κ3) is 10.2. The number of hydrogen-bond donors (Lipinski definition) is 5. The number of hydrogen-bond acceptors (Lipinski definition) is 8. The molecule has 12 nitrogen and oxygen atoms in total. The number of halogens is 2. The number of aliphatic hydroxyl groups excluding tert-OH is 2. The molecule has 0 radical (unpaired) electrons. The highest BCUT2D eigenvalue weighted by Gasteiger charge is 2.38. The maximum absolute atomic E-state index is 15.0. The van der Waals surface area contributed by atoms with Crippen LogP contribution >= 0.6 is 0 Å². The Morgan fingerprint density at radius 3 is 2.27 bits per heavy atom. The SMILES string of the molecule is C[C@H](O)C(=O)N(CC[C@H](N)C(=O)NCCNC(O)CN1C(=O)C=CC1=O)[C@@H](c1cc(-c2cc(F)ccc2F)cn1Cc1ccccc1)C(C)(C)C. The summed E-state index contributed by atoms with van der Waals surface area (Å²) in [6, 6.07) is 12.7. The molecule has 4 rings (SSSR count). The number of rotatable bonds is 16. The first-order valence-corrected chi connectivity index (χ1v) is 16.7. The number of aliphatic hydroxyl groups is 2. The predicted molar refractivity (Wildman–Crippen MR) is 186 cm³/mol. The first kappa shape index (κ1) is 39.0. The molecule has 0 spiro atoms. The first-order chi connectivity index (χ1) is 24.1. The number of β-amino-alcohol motifs (C(OH)–C–C–N with tert-alkyl or cyclic N) is 1. The fourth-order valence-electron chi connectivity index (χ4n) is 6.03. The molecule has 0 fully saturated rings. The lowest BCUT2D eigenvalue weighted by Gasteiger charge is -2.41. The van der Waals surface area contributed by atoms with Gasteiger partial charge in [0.15, 0.2) is 0 Å². The van der Waals surface area contributed by atoms with Gasteiger partial charge in [0.1, 0.15) is 24.0 Å². The molecule has 4 atom stereocenters. The van der Waals surface area contributed by atoms with Crippen LogP contribution in [0.15, 0.2) is 72.9 Å². The van der Waals surface area contributed by atoms with Crippen molar-refractivity contribution in [3.63, 3.8) is 0 Å². The lowest BCUT2D eigenvalue weighted by molar-refractivity contribution is -0.145. The Kier molecular flexibility index (Phi) is 13.0. The van der Waals surface area contributed by atoms with Gasteiger partial charge >= 0.3 is 0 Å². The fraction of sp³-hybridized carbons (Fsp3) is 0.405. The van der Waals surface area contributed by atoms with Crippen molar-refractivity contribution >= 4 is 23.6 Å². The summed E-state index contributed by atoms with van der Waals surface area (Å²) in [5, 5.41) is 26.0. The number of aromatic nitrogens is 1. The molecular formula is C37H46F2N6O6. The third-order valence-electron chi connectivity index (χ3n) is 8.50. The fourth-order valence-corrected chi connectivity index (χ4v) is 6.03. The summed E-state index contributed by atoms with van der Waals surface area (Å²) < 4.78 is 31.2. The summed E-state index contributed by atoms with van der Waals surface area (Å²) in [5.74, 6) is -3.39. The van der Waals surface area contributed by atoms with Crippen molar-refractivity contribution in [1.29, 1.82) is 0 Å². The predicted octanol–water partition coefficient (Wildman–Crippen LogP) is 2.44. The second-order valence-corrected chi connectivity index (χ2v) is 13.6. The maximum Gasteiger partial charge on any atom is 0.253 e. The van der Waals surface area contributed by atoms with Crippen LogP contribution in [0.1, 0.15) is 51.4 Å². The molecule has 0 saturated carbocycles. The summed E-state index contributed by atoms with van der Waals surface area (Å²) in [4.78, 5) is 52.4. The van der Waals surface area contributed by atoms with Gasteiger partial charge in [0, 0.05) is 61.3 Å². The van der Waals surface area contributed by atoms with E-state index in [-0.39, 0.29) is 38.2 Å². The highest BCUT2D eigenvalue weighted by atomic mass is 19.1. The van der Waals surface area contributed by atoms with Gasteiger partial charge in [-0.05, 0) is 48.6 Å². The van der Waals surface area contributed by atoms with Crippen molar-refractivity contribution in [2.75, 3.05) is 26.2 Å². The molecule has 0 aliphatic carbocycles. The molecule has 1 aliphatic rings. The minimum absolute atomic E-state index is 0.0177. The molecule has 2 heterocycles. The molecule has 51 heavy (non-hydrogen) atoms. The molecule has 0 bridgehead atoms. The lowest BCUT2D eigenvalue weighted by atomic mass is 9.82. The van der Waals surface area contributed by atoms with Crippen LogP contribution in [-0.4, -0.2) is 92.8 Å². The zero-order valence-corrected chi connectivity index (χ0v) is 29.2. The van der Waals surface area contributed by atoms with Crippen LogP contribution in [0, 0.1) is 17.0 Å². The molecular weight excluding hydrogens is 662 g/mol. The van der Waals surface area contributed by atoms with Gasteiger partial charge in [0.25, 0.3) is 17.7 Å². The minimum Gasteiger partial charge on any atom is -0.384 e. The number of carbonyl (C=O) groups excluding carboxylic acids is 4. The zero-order valence-electron chi connectivity index (χ0n) is 29.2. The van der Waals surface area contributed by atoms with Gasteiger partial charge in [0.05, 0.1) is 18.6 Å². The average Bonchev–Trinajstić information content (AvgIpc) is 3.62. The van der Waals surface area contributed by atoms with E-state index in [1.807, 2.05) is 55.7 Å². The topological polar surface area (TPSA) is 170 Å². The van der Waals surface area contributed by atoms with Crippen LogP contribution in [0.25, 0.3) is 11.1 Å². The van der Waals surface area contributed by atoms with Crippen molar-refractivity contribution < 1.29 is 38.2 Å². The third-order valence-corrected chi connectivity index (χ3v) is 8.50. The van der Waals surface area contributed by atoms with E-state index >= 15 is 4.39 Å². The highest BCUT2D eigenvalue weighted by molar-refractivity contribution is 6.12. The van der Waals surface area contributed by atoms with Crippen LogP contribution in [0.5, 0.6) is 0 Å². The number of carbonyl (C=O) groups is 4. The second-order valence-electron chi connectivity index (χ2n) is 13.6. The molecule has 2 aromatic carbocycles. The smallest absolute Gasteiger partial charge is 0.253 e. The Hall–Kier alpha value is -4.76. The Labute approximate surface area is 295 Å². The molecule has 1 aliphatic heterocycles. The molecule has 4 amide bonds. The molecule has 1 unspecified atom stereocenters. The maximum atomic E-state index is 15.0. The second kappa shape index (κ2) is 17.0. The Morgan fingerprint density at radius 1 is 0.980 bits per heavy atom. The van der Waals surface area contributed by atoms with E-state index in [0.29, 0.717) is 17.8 Å². The Morgan fingerprint density at radius 2 is 1.65 bits per heavy atom. The Bertz CT molecular complexity index is 1720. The van der Waals surface area contributed by atoms with Gasteiger partial charge in [0.2, 0.25) is 5.91 Å². The van der Waals surface area contributed by atoms with Crippen molar-refractivity contribution in [2.45, 2.75) is 65.1 Å². The zero-order chi connectivity index (χ0) is 37.5. The van der Waals surface area contributed by atoms with Crippen molar-refractivity contribution in [3.8, 4) is 11.1 Å². The van der Waals surface area contributed by atoms with E-state index in [2.05, 4.69) is 10.6 Å². The van der Waals surface area contributed by atoms with E-state index in [9.17, 15) is 33.8 Å². The van der Waals surface area contributed by atoms with Crippen molar-refractivity contribution in [1.82, 2.24) is 25.0 Å². The normalized spacial score (nSPS) is 15.5. The van der Waals surface area contributed by atoms with Crippen LogP contribution in [-0.2, 0) is 25.7 Å². The summed E-state index contributed by atoms with van der Waals surface area (Å²) in [6.45, 7) is 7.35. The molecule has 1 aromatic heterocycles. The first-order valence-electron chi connectivity index (χ1n) is 16.7. The summed E-state index contributed by atoms with van der Waals surface area (Å²) >= 11 is 0. The molecule has 6 N–H and O–H groups in total. The minimum atomic E-state index is -1.39. The van der Waals surface area contributed by atoms with Gasteiger partial charge in [-0.25, -0.2) is 8.78 Å². The molecule has 274 valence electrons. The van der Waals surface area contributed by atoms with Gasteiger partial charge in [-0.3, -0.25) is 29.4 Å². The van der Waals surface area contributed by atoms with E-state index in [4.69, 9.17) is 5.73 Å².